The van der Waals surface area contributed by atoms with Crippen LogP contribution in [0.1, 0.15) is 39.8 Å². The number of pyridine rings is 1. The van der Waals surface area contributed by atoms with Crippen LogP contribution in [0.4, 0.5) is 5.95 Å². The second kappa shape index (κ2) is 7.23. The molecule has 0 saturated carbocycles. The molecule has 0 amide bonds. The van der Waals surface area contributed by atoms with E-state index in [0.717, 1.165) is 16.5 Å². The topological polar surface area (TPSA) is 110 Å². The molecule has 7 heteroatoms. The van der Waals surface area contributed by atoms with Gasteiger partial charge in [0.25, 0.3) is 0 Å². The van der Waals surface area contributed by atoms with Crippen molar-refractivity contribution in [2.45, 2.75) is 51.9 Å². The molecule has 0 aliphatic rings. The summed E-state index contributed by atoms with van der Waals surface area (Å²) in [5.41, 5.74) is 6.93. The molecule has 0 aliphatic heterocycles. The van der Waals surface area contributed by atoms with Crippen LogP contribution in [0.15, 0.2) is 30.7 Å². The monoisotopic (exact) mass is 379 g/mol. The zero-order valence-corrected chi connectivity index (χ0v) is 16.6. The molecule has 4 N–H and O–H groups in total. The first kappa shape index (κ1) is 19.8. The Morgan fingerprint density at radius 2 is 1.93 bits per heavy atom. The Hall–Kier alpha value is -2.95. The fourth-order valence-corrected chi connectivity index (χ4v) is 2.78. The number of fused-ring (bicyclic) bond motifs is 1. The van der Waals surface area contributed by atoms with Crippen LogP contribution in [0.5, 0.6) is 0 Å². The van der Waals surface area contributed by atoms with Gasteiger partial charge in [-0.1, -0.05) is 5.92 Å². The first-order valence-corrected chi connectivity index (χ1v) is 9.08. The third kappa shape index (κ3) is 4.85. The second-order valence-electron chi connectivity index (χ2n) is 7.99. The number of nitrogens with zero attached hydrogens (tertiary/aromatic N) is 4. The molecule has 28 heavy (non-hydrogen) atoms. The summed E-state index contributed by atoms with van der Waals surface area (Å²) in [6, 6.07) is 3.68. The number of aliphatic hydroxyl groups is 2. The number of anilines is 1. The van der Waals surface area contributed by atoms with E-state index < -0.39 is 11.2 Å². The molecule has 0 spiro atoms. The summed E-state index contributed by atoms with van der Waals surface area (Å²) in [5, 5.41) is 20.9. The van der Waals surface area contributed by atoms with Crippen molar-refractivity contribution in [3.05, 3.63) is 36.4 Å². The summed E-state index contributed by atoms with van der Waals surface area (Å²) in [7, 11) is 0. The molecular formula is C21H25N5O2. The number of nitrogen functional groups attached to an aromatic ring is 1. The average molecular weight is 379 g/mol. The fourth-order valence-electron chi connectivity index (χ4n) is 2.78. The van der Waals surface area contributed by atoms with Crippen LogP contribution in [0.3, 0.4) is 0 Å². The van der Waals surface area contributed by atoms with Crippen molar-refractivity contribution in [2.24, 2.45) is 0 Å². The highest BCUT2D eigenvalue weighted by Gasteiger charge is 2.17. The van der Waals surface area contributed by atoms with Gasteiger partial charge in [0.2, 0.25) is 5.95 Å². The average Bonchev–Trinajstić information content (AvgIpc) is 2.95. The van der Waals surface area contributed by atoms with E-state index in [1.165, 1.54) is 0 Å². The highest BCUT2D eigenvalue weighted by molar-refractivity contribution is 5.95. The summed E-state index contributed by atoms with van der Waals surface area (Å²) in [6.45, 7) is 7.44. The molecule has 0 aromatic carbocycles. The van der Waals surface area contributed by atoms with Crippen LogP contribution in [0.2, 0.25) is 0 Å². The number of aryl methyl sites for hydroxylation is 1. The lowest BCUT2D eigenvalue weighted by Gasteiger charge is -2.17. The van der Waals surface area contributed by atoms with Gasteiger partial charge in [-0.2, -0.15) is 0 Å². The molecule has 3 heterocycles. The Labute approximate surface area is 164 Å². The Bertz CT molecular complexity index is 1060. The van der Waals surface area contributed by atoms with Crippen LogP contribution in [0, 0.1) is 11.8 Å². The minimum atomic E-state index is -1.10. The Morgan fingerprint density at radius 3 is 2.57 bits per heavy atom. The summed E-state index contributed by atoms with van der Waals surface area (Å²) in [6.07, 6.45) is 5.94. The highest BCUT2D eigenvalue weighted by atomic mass is 16.3. The van der Waals surface area contributed by atoms with E-state index >= 15 is 0 Å². The lowest BCUT2D eigenvalue weighted by atomic mass is 10.1. The minimum Gasteiger partial charge on any atom is -0.390 e. The van der Waals surface area contributed by atoms with Crippen LogP contribution in [0.25, 0.3) is 22.2 Å². The number of rotatable bonds is 4. The van der Waals surface area contributed by atoms with E-state index in [2.05, 4.69) is 26.8 Å². The smallest absolute Gasteiger partial charge is 0.220 e. The molecule has 3 aromatic heterocycles. The first-order valence-electron chi connectivity index (χ1n) is 9.08. The second-order valence-corrected chi connectivity index (χ2v) is 7.99. The Balaban J connectivity index is 2.14. The standard InChI is InChI=1S/C21H25N5O2/c1-20(2,27)7-5-14-11-15-16(17-6-9-23-19(22)25-17)13-26(18(15)12-24-14)10-8-21(3,4)28/h6,9,11-13,27-28H,8,10H2,1-4H3,(H2,22,23,25). The molecule has 3 rings (SSSR count). The normalized spacial score (nSPS) is 12.1. The molecule has 0 saturated heterocycles. The third-order valence-corrected chi connectivity index (χ3v) is 4.18. The number of hydrogen-bond acceptors (Lipinski definition) is 6. The summed E-state index contributed by atoms with van der Waals surface area (Å²) >= 11 is 0. The van der Waals surface area contributed by atoms with Crippen LogP contribution >= 0.6 is 0 Å². The van der Waals surface area contributed by atoms with Gasteiger partial charge in [-0.3, -0.25) is 0 Å². The van der Waals surface area contributed by atoms with Crippen LogP contribution in [-0.4, -0.2) is 40.9 Å². The molecule has 146 valence electrons. The quantitative estimate of drug-likeness (QED) is 0.600. The lowest BCUT2D eigenvalue weighted by Crippen LogP contribution is -2.20. The summed E-state index contributed by atoms with van der Waals surface area (Å²) < 4.78 is 2.04. The van der Waals surface area contributed by atoms with E-state index in [9.17, 15) is 10.2 Å². The SMILES string of the molecule is CC(C)(O)C#Cc1cc2c(-c3ccnc(N)n3)cn(CCC(C)(C)O)c2cn1. The number of aromatic nitrogens is 4. The van der Waals surface area contributed by atoms with Gasteiger partial charge in [0.05, 0.1) is 23.0 Å². The predicted molar refractivity (Wildman–Crippen MR) is 109 cm³/mol. The van der Waals surface area contributed by atoms with Gasteiger partial charge in [0.1, 0.15) is 11.3 Å². The van der Waals surface area contributed by atoms with E-state index in [1.54, 1.807) is 46.2 Å². The third-order valence-electron chi connectivity index (χ3n) is 4.18. The maximum absolute atomic E-state index is 10.1. The molecule has 0 fully saturated rings. The zero-order valence-electron chi connectivity index (χ0n) is 16.6. The first-order chi connectivity index (χ1) is 13.0. The van der Waals surface area contributed by atoms with Crippen molar-refractivity contribution in [1.29, 1.82) is 0 Å². The van der Waals surface area contributed by atoms with E-state index in [1.807, 2.05) is 16.8 Å². The van der Waals surface area contributed by atoms with Crippen molar-refractivity contribution >= 4 is 16.9 Å². The molecule has 3 aromatic rings. The maximum atomic E-state index is 10.1. The molecule has 0 atom stereocenters. The van der Waals surface area contributed by atoms with Crippen molar-refractivity contribution < 1.29 is 10.2 Å². The largest absolute Gasteiger partial charge is 0.390 e. The molecule has 0 aliphatic carbocycles. The number of nitrogens with two attached hydrogens (primary N) is 1. The molecule has 0 unspecified atom stereocenters. The van der Waals surface area contributed by atoms with E-state index in [-0.39, 0.29) is 5.95 Å². The van der Waals surface area contributed by atoms with Gasteiger partial charge in [-0.25, -0.2) is 15.0 Å². The van der Waals surface area contributed by atoms with Crippen LogP contribution < -0.4 is 5.73 Å². The summed E-state index contributed by atoms with van der Waals surface area (Å²) in [5.74, 6) is 5.90. The highest BCUT2D eigenvalue weighted by Crippen LogP contribution is 2.30. The predicted octanol–water partition coefficient (Wildman–Crippen LogP) is 2.36. The van der Waals surface area contributed by atoms with Crippen molar-refractivity contribution in [3.8, 4) is 23.1 Å². The van der Waals surface area contributed by atoms with Gasteiger partial charge in [-0.15, -0.1) is 0 Å². The lowest BCUT2D eigenvalue weighted by molar-refractivity contribution is 0.0666. The molecule has 0 bridgehead atoms. The maximum Gasteiger partial charge on any atom is 0.220 e. The Morgan fingerprint density at radius 1 is 1.18 bits per heavy atom. The van der Waals surface area contributed by atoms with Crippen molar-refractivity contribution in [3.63, 3.8) is 0 Å². The molecular weight excluding hydrogens is 354 g/mol. The van der Waals surface area contributed by atoms with Gasteiger partial charge in [-0.05, 0) is 52.2 Å². The van der Waals surface area contributed by atoms with Crippen LogP contribution in [-0.2, 0) is 6.54 Å². The van der Waals surface area contributed by atoms with Crippen molar-refractivity contribution in [1.82, 2.24) is 19.5 Å². The van der Waals surface area contributed by atoms with Gasteiger partial charge < -0.3 is 20.5 Å². The summed E-state index contributed by atoms with van der Waals surface area (Å²) in [4.78, 5) is 12.7. The minimum absolute atomic E-state index is 0.200. The molecule has 7 nitrogen and oxygen atoms in total. The van der Waals surface area contributed by atoms with E-state index in [0.29, 0.717) is 24.4 Å². The van der Waals surface area contributed by atoms with Crippen molar-refractivity contribution in [2.75, 3.05) is 5.73 Å². The van der Waals surface area contributed by atoms with Gasteiger partial charge >= 0.3 is 0 Å². The van der Waals surface area contributed by atoms with Gasteiger partial charge in [0, 0.05) is 29.9 Å². The fraction of sp³-hybridized carbons (Fsp3) is 0.381. The van der Waals surface area contributed by atoms with E-state index in [4.69, 9.17) is 5.73 Å². The zero-order chi connectivity index (χ0) is 20.5. The number of hydrogen-bond donors (Lipinski definition) is 3. The molecule has 0 radical (unpaired) electrons. The van der Waals surface area contributed by atoms with Gasteiger partial charge in [0.15, 0.2) is 0 Å². The Kier molecular flexibility index (Phi) is 5.11.